The summed E-state index contributed by atoms with van der Waals surface area (Å²) < 4.78 is 5.41. The molecule has 0 aliphatic carbocycles. The van der Waals surface area contributed by atoms with Crippen molar-refractivity contribution in [2.24, 2.45) is 11.7 Å². The summed E-state index contributed by atoms with van der Waals surface area (Å²) >= 11 is 0. The minimum atomic E-state index is 0.329. The van der Waals surface area contributed by atoms with Gasteiger partial charge < -0.3 is 15.4 Å². The molecule has 0 amide bonds. The van der Waals surface area contributed by atoms with Gasteiger partial charge in [0.25, 0.3) is 0 Å². The summed E-state index contributed by atoms with van der Waals surface area (Å²) in [5, 5.41) is 0. The van der Waals surface area contributed by atoms with Crippen molar-refractivity contribution < 1.29 is 4.74 Å². The highest BCUT2D eigenvalue weighted by Gasteiger charge is 2.23. The molecule has 2 unspecified atom stereocenters. The number of ether oxygens (including phenoxy) is 1. The van der Waals surface area contributed by atoms with Crippen molar-refractivity contribution in [3.63, 3.8) is 0 Å². The van der Waals surface area contributed by atoms with Gasteiger partial charge in [0, 0.05) is 31.8 Å². The molecule has 1 heterocycles. The van der Waals surface area contributed by atoms with Gasteiger partial charge in [-0.15, -0.1) is 0 Å². The van der Waals surface area contributed by atoms with Crippen molar-refractivity contribution in [2.45, 2.75) is 58.0 Å². The first-order valence-electron chi connectivity index (χ1n) is 7.22. The second kappa shape index (κ2) is 8.06. The van der Waals surface area contributed by atoms with E-state index < -0.39 is 0 Å². The molecule has 0 radical (unpaired) electrons. The van der Waals surface area contributed by atoms with E-state index in [0.717, 1.165) is 32.0 Å². The number of nitrogens with zero attached hydrogens (tertiary/aromatic N) is 1. The van der Waals surface area contributed by atoms with Crippen LogP contribution in [0.15, 0.2) is 0 Å². The zero-order valence-corrected chi connectivity index (χ0v) is 11.8. The van der Waals surface area contributed by atoms with Gasteiger partial charge in [-0.25, -0.2) is 0 Å². The predicted octanol–water partition coefficient (Wildman–Crippen LogP) is 2.25. The van der Waals surface area contributed by atoms with Gasteiger partial charge in [0.15, 0.2) is 0 Å². The number of nitrogens with two attached hydrogens (primary N) is 1. The minimum Gasteiger partial charge on any atom is -0.381 e. The van der Waals surface area contributed by atoms with E-state index >= 15 is 0 Å². The molecule has 2 N–H and O–H groups in total. The van der Waals surface area contributed by atoms with Crippen LogP contribution in [0.25, 0.3) is 0 Å². The highest BCUT2D eigenvalue weighted by Crippen LogP contribution is 2.18. The van der Waals surface area contributed by atoms with Crippen molar-refractivity contribution in [1.82, 2.24) is 4.90 Å². The molecule has 2 atom stereocenters. The number of likely N-dealkylation sites (N-methyl/N-ethyl adjacent to an activating group) is 1. The first kappa shape index (κ1) is 14.9. The van der Waals surface area contributed by atoms with Crippen LogP contribution in [0.2, 0.25) is 0 Å². The quantitative estimate of drug-likeness (QED) is 0.744. The van der Waals surface area contributed by atoms with E-state index in [9.17, 15) is 0 Å². The molecule has 102 valence electrons. The van der Waals surface area contributed by atoms with E-state index in [2.05, 4.69) is 25.8 Å². The SMILES string of the molecule is CCCC(N)C(CC)N(C)CC1CCOCC1. The van der Waals surface area contributed by atoms with Crippen molar-refractivity contribution in [3.8, 4) is 0 Å². The van der Waals surface area contributed by atoms with Crippen LogP contribution in [0.1, 0.15) is 46.0 Å². The van der Waals surface area contributed by atoms with E-state index in [0.29, 0.717) is 12.1 Å². The third-order valence-corrected chi connectivity index (χ3v) is 3.99. The Morgan fingerprint density at radius 1 is 1.29 bits per heavy atom. The molecular formula is C14H30N2O. The summed E-state index contributed by atoms with van der Waals surface area (Å²) in [5.41, 5.74) is 6.28. The lowest BCUT2D eigenvalue weighted by Crippen LogP contribution is -2.47. The van der Waals surface area contributed by atoms with E-state index in [1.807, 2.05) is 0 Å². The third-order valence-electron chi connectivity index (χ3n) is 3.99. The number of hydrogen-bond donors (Lipinski definition) is 1. The molecule has 0 saturated carbocycles. The van der Waals surface area contributed by atoms with Gasteiger partial charge in [0.2, 0.25) is 0 Å². The molecule has 1 fully saturated rings. The Bertz CT molecular complexity index is 193. The van der Waals surface area contributed by atoms with Crippen LogP contribution in [-0.2, 0) is 4.74 Å². The van der Waals surface area contributed by atoms with E-state index in [4.69, 9.17) is 10.5 Å². The zero-order chi connectivity index (χ0) is 12.7. The second-order valence-corrected chi connectivity index (χ2v) is 5.42. The Hall–Kier alpha value is -0.120. The highest BCUT2D eigenvalue weighted by atomic mass is 16.5. The Labute approximate surface area is 107 Å². The van der Waals surface area contributed by atoms with Gasteiger partial charge >= 0.3 is 0 Å². The van der Waals surface area contributed by atoms with Gasteiger partial charge in [-0.05, 0) is 38.6 Å². The number of hydrogen-bond acceptors (Lipinski definition) is 3. The Morgan fingerprint density at radius 3 is 2.47 bits per heavy atom. The first-order valence-corrected chi connectivity index (χ1v) is 7.22. The van der Waals surface area contributed by atoms with Crippen LogP contribution in [-0.4, -0.2) is 43.8 Å². The first-order chi connectivity index (χ1) is 8.19. The van der Waals surface area contributed by atoms with Gasteiger partial charge in [-0.3, -0.25) is 0 Å². The number of rotatable bonds is 7. The standard InChI is InChI=1S/C14H30N2O/c1-4-6-13(15)14(5-2)16(3)11-12-7-9-17-10-8-12/h12-14H,4-11,15H2,1-3H3. The van der Waals surface area contributed by atoms with Crippen LogP contribution in [0.4, 0.5) is 0 Å². The topological polar surface area (TPSA) is 38.5 Å². The molecule has 17 heavy (non-hydrogen) atoms. The van der Waals surface area contributed by atoms with Crippen LogP contribution < -0.4 is 5.73 Å². The van der Waals surface area contributed by atoms with Gasteiger partial charge in [-0.2, -0.15) is 0 Å². The molecule has 3 heteroatoms. The molecule has 3 nitrogen and oxygen atoms in total. The maximum atomic E-state index is 6.28. The normalized spacial score (nSPS) is 21.7. The summed E-state index contributed by atoms with van der Waals surface area (Å²) in [7, 11) is 2.24. The largest absolute Gasteiger partial charge is 0.381 e. The molecule has 1 saturated heterocycles. The summed E-state index contributed by atoms with van der Waals surface area (Å²) in [5.74, 6) is 0.802. The van der Waals surface area contributed by atoms with Gasteiger partial charge in [-0.1, -0.05) is 20.3 Å². The van der Waals surface area contributed by atoms with Gasteiger partial charge in [0.1, 0.15) is 0 Å². The minimum absolute atomic E-state index is 0.329. The molecule has 0 bridgehead atoms. The van der Waals surface area contributed by atoms with Crippen LogP contribution in [0, 0.1) is 5.92 Å². The van der Waals surface area contributed by atoms with Gasteiger partial charge in [0.05, 0.1) is 0 Å². The lowest BCUT2D eigenvalue weighted by atomic mass is 9.96. The van der Waals surface area contributed by atoms with E-state index in [1.54, 1.807) is 0 Å². The molecule has 0 aromatic carbocycles. The monoisotopic (exact) mass is 242 g/mol. The zero-order valence-electron chi connectivity index (χ0n) is 11.8. The molecule has 1 aliphatic rings. The fourth-order valence-electron chi connectivity index (χ4n) is 2.94. The fourth-order valence-corrected chi connectivity index (χ4v) is 2.94. The van der Waals surface area contributed by atoms with Crippen molar-refractivity contribution >= 4 is 0 Å². The van der Waals surface area contributed by atoms with Crippen LogP contribution >= 0.6 is 0 Å². The lowest BCUT2D eigenvalue weighted by Gasteiger charge is -2.35. The third kappa shape index (κ3) is 4.94. The molecule has 1 rings (SSSR count). The molecule has 0 aromatic rings. The van der Waals surface area contributed by atoms with Crippen molar-refractivity contribution in [3.05, 3.63) is 0 Å². The average Bonchev–Trinajstić information content (AvgIpc) is 2.31. The Kier molecular flexibility index (Phi) is 7.09. The highest BCUT2D eigenvalue weighted by molar-refractivity contribution is 4.81. The molecular weight excluding hydrogens is 212 g/mol. The summed E-state index contributed by atoms with van der Waals surface area (Å²) in [4.78, 5) is 2.48. The maximum absolute atomic E-state index is 6.28. The molecule has 0 spiro atoms. The summed E-state index contributed by atoms with van der Waals surface area (Å²) in [6.45, 7) is 7.53. The van der Waals surface area contributed by atoms with Crippen LogP contribution in [0.3, 0.4) is 0 Å². The van der Waals surface area contributed by atoms with Crippen molar-refractivity contribution in [2.75, 3.05) is 26.8 Å². The summed E-state index contributed by atoms with van der Waals surface area (Å²) in [6.07, 6.45) is 5.90. The predicted molar refractivity (Wildman–Crippen MR) is 73.1 cm³/mol. The second-order valence-electron chi connectivity index (χ2n) is 5.42. The van der Waals surface area contributed by atoms with Crippen LogP contribution in [0.5, 0.6) is 0 Å². The van der Waals surface area contributed by atoms with E-state index in [1.165, 1.54) is 25.8 Å². The molecule has 1 aliphatic heterocycles. The lowest BCUT2D eigenvalue weighted by molar-refractivity contribution is 0.0477. The van der Waals surface area contributed by atoms with Crippen molar-refractivity contribution in [1.29, 1.82) is 0 Å². The Morgan fingerprint density at radius 2 is 1.94 bits per heavy atom. The van der Waals surface area contributed by atoms with E-state index in [-0.39, 0.29) is 0 Å². The Balaban J connectivity index is 2.38. The molecule has 0 aromatic heterocycles. The maximum Gasteiger partial charge on any atom is 0.0469 e. The summed E-state index contributed by atoms with van der Waals surface area (Å²) in [6, 6.07) is 0.868. The smallest absolute Gasteiger partial charge is 0.0469 e. The average molecular weight is 242 g/mol. The fraction of sp³-hybridized carbons (Fsp3) is 1.00.